The van der Waals surface area contributed by atoms with E-state index in [1.165, 1.54) is 54.8 Å². The van der Waals surface area contributed by atoms with E-state index in [9.17, 15) is 4.79 Å². The average molecular weight is 512 g/mol. The maximum absolute atomic E-state index is 11.0. The van der Waals surface area contributed by atoms with E-state index < -0.39 is 0 Å². The molecule has 4 rings (SSSR count). The molecule has 0 amide bonds. The molecule has 0 atom stereocenters. The number of carbonyl (C=O) groups excluding carboxylic acids is 1. The highest BCUT2D eigenvalue weighted by atomic mass is 35.5. The minimum Gasteiger partial charge on any atom is -0.353 e. The van der Waals surface area contributed by atoms with Crippen LogP contribution in [0.1, 0.15) is 56.7 Å². The van der Waals surface area contributed by atoms with Crippen LogP contribution in [0.2, 0.25) is 5.02 Å². The van der Waals surface area contributed by atoms with E-state index in [0.29, 0.717) is 0 Å². The fourth-order valence-corrected chi connectivity index (χ4v) is 5.46. The van der Waals surface area contributed by atoms with Gasteiger partial charge < -0.3 is 4.90 Å². The van der Waals surface area contributed by atoms with Crippen molar-refractivity contribution in [3.05, 3.63) is 64.2 Å². The summed E-state index contributed by atoms with van der Waals surface area (Å²) in [5.74, 6) is 1.25. The number of carbonyl (C=O) groups is 1. The summed E-state index contributed by atoms with van der Waals surface area (Å²) in [6.45, 7) is 15.5. The average Bonchev–Trinajstić information content (AvgIpc) is 3.27. The first-order chi connectivity index (χ1) is 16.8. The molecule has 0 N–H and O–H groups in total. The van der Waals surface area contributed by atoms with Crippen LogP contribution in [0.25, 0.3) is 15.7 Å². The summed E-state index contributed by atoms with van der Waals surface area (Å²) in [7, 11) is 0. The van der Waals surface area contributed by atoms with Crippen LogP contribution in [-0.4, -0.2) is 47.8 Å². The van der Waals surface area contributed by atoms with Crippen LogP contribution in [0.15, 0.2) is 42.5 Å². The third-order valence-electron chi connectivity index (χ3n) is 6.53. The number of aryl methyl sites for hydroxylation is 1. The van der Waals surface area contributed by atoms with Crippen molar-refractivity contribution in [2.75, 3.05) is 37.6 Å². The number of allylic oxidation sites excluding steroid dienone is 2. The SMILES string of the molecule is CC(=O)/C=C(/C)c1ccc(C)c(Cl)c1C.CCCCCN1CCN(c2nsc3ccccc23)CC1. The summed E-state index contributed by atoms with van der Waals surface area (Å²) in [6.07, 6.45) is 5.64. The second kappa shape index (κ2) is 13.2. The van der Waals surface area contributed by atoms with Gasteiger partial charge in [0.1, 0.15) is 5.82 Å². The van der Waals surface area contributed by atoms with Crippen LogP contribution in [0.4, 0.5) is 5.82 Å². The summed E-state index contributed by atoms with van der Waals surface area (Å²) in [5, 5.41) is 2.10. The van der Waals surface area contributed by atoms with Gasteiger partial charge in [-0.05, 0) is 92.7 Å². The predicted molar refractivity (Wildman–Crippen MR) is 153 cm³/mol. The largest absolute Gasteiger partial charge is 0.353 e. The fourth-order valence-electron chi connectivity index (χ4n) is 4.50. The van der Waals surface area contributed by atoms with Crippen molar-refractivity contribution in [1.82, 2.24) is 9.27 Å². The van der Waals surface area contributed by atoms with Gasteiger partial charge in [0.05, 0.1) is 4.70 Å². The van der Waals surface area contributed by atoms with Gasteiger partial charge in [0, 0.05) is 36.6 Å². The molecule has 1 aromatic heterocycles. The number of unbranched alkanes of at least 4 members (excludes halogenated alkanes) is 2. The number of hydrogen-bond acceptors (Lipinski definition) is 5. The first-order valence-corrected chi connectivity index (χ1v) is 13.7. The van der Waals surface area contributed by atoms with Gasteiger partial charge in [-0.15, -0.1) is 0 Å². The molecule has 0 unspecified atom stereocenters. The highest BCUT2D eigenvalue weighted by Gasteiger charge is 2.20. The molecule has 3 aromatic rings. The molecular weight excluding hydrogens is 474 g/mol. The third-order valence-corrected chi connectivity index (χ3v) is 7.93. The van der Waals surface area contributed by atoms with Gasteiger partial charge in [-0.3, -0.25) is 9.69 Å². The molecule has 1 aliphatic heterocycles. The lowest BCUT2D eigenvalue weighted by molar-refractivity contribution is -0.112. The summed E-state index contributed by atoms with van der Waals surface area (Å²) in [5.41, 5.74) is 4.10. The van der Waals surface area contributed by atoms with Crippen LogP contribution < -0.4 is 4.90 Å². The van der Waals surface area contributed by atoms with Crippen molar-refractivity contribution in [3.8, 4) is 0 Å². The van der Waals surface area contributed by atoms with E-state index in [2.05, 4.69) is 45.4 Å². The van der Waals surface area contributed by atoms with Gasteiger partial charge in [0.2, 0.25) is 0 Å². The summed E-state index contributed by atoms with van der Waals surface area (Å²) in [6, 6.07) is 12.5. The minimum atomic E-state index is 0.0589. The fraction of sp³-hybridized carbons (Fsp3) is 0.448. The molecule has 4 nitrogen and oxygen atoms in total. The summed E-state index contributed by atoms with van der Waals surface area (Å²) < 4.78 is 5.97. The first-order valence-electron chi connectivity index (χ1n) is 12.6. The van der Waals surface area contributed by atoms with E-state index >= 15 is 0 Å². The van der Waals surface area contributed by atoms with Crippen molar-refractivity contribution in [3.63, 3.8) is 0 Å². The van der Waals surface area contributed by atoms with Gasteiger partial charge in [0.25, 0.3) is 0 Å². The number of nitrogens with zero attached hydrogens (tertiary/aromatic N) is 3. The molecule has 0 radical (unpaired) electrons. The smallest absolute Gasteiger partial charge is 0.152 e. The Balaban J connectivity index is 0.000000205. The molecule has 2 heterocycles. The number of piperazine rings is 1. The number of aromatic nitrogens is 1. The summed E-state index contributed by atoms with van der Waals surface area (Å²) >= 11 is 7.77. The Labute approximate surface area is 219 Å². The molecule has 0 bridgehead atoms. The van der Waals surface area contributed by atoms with Crippen molar-refractivity contribution in [2.24, 2.45) is 0 Å². The van der Waals surface area contributed by atoms with E-state index in [1.807, 2.05) is 32.9 Å². The Morgan fingerprint density at radius 2 is 1.77 bits per heavy atom. The Morgan fingerprint density at radius 1 is 1.06 bits per heavy atom. The van der Waals surface area contributed by atoms with Crippen molar-refractivity contribution >= 4 is 50.4 Å². The van der Waals surface area contributed by atoms with Crippen LogP contribution in [0, 0.1) is 13.8 Å². The van der Waals surface area contributed by atoms with Crippen molar-refractivity contribution in [1.29, 1.82) is 0 Å². The van der Waals surface area contributed by atoms with E-state index in [1.54, 1.807) is 24.5 Å². The van der Waals surface area contributed by atoms with Gasteiger partial charge in [-0.1, -0.05) is 55.6 Å². The molecule has 1 fully saturated rings. The number of ketones is 1. The Bertz CT molecular complexity index is 1160. The Morgan fingerprint density at radius 3 is 2.46 bits per heavy atom. The maximum Gasteiger partial charge on any atom is 0.152 e. The standard InChI is InChI=1S/C16H23N3S.C13H15ClO/c1-2-3-6-9-18-10-12-19(13-11-18)16-14-7-4-5-8-15(14)20-17-16;1-8-5-6-12(11(4)13(8)14)9(2)7-10(3)15/h4-5,7-8H,2-3,6,9-13H2,1H3;5-7H,1-4H3/b;9-7-. The second-order valence-electron chi connectivity index (χ2n) is 9.35. The van der Waals surface area contributed by atoms with Crippen molar-refractivity contribution in [2.45, 2.75) is 53.9 Å². The highest BCUT2D eigenvalue weighted by molar-refractivity contribution is 7.13. The van der Waals surface area contributed by atoms with Crippen molar-refractivity contribution < 1.29 is 4.79 Å². The molecule has 0 saturated carbocycles. The first kappa shape index (κ1) is 27.4. The molecule has 0 aliphatic carbocycles. The van der Waals surface area contributed by atoms with Gasteiger partial charge in [-0.25, -0.2) is 0 Å². The zero-order chi connectivity index (χ0) is 25.4. The Hall–Kier alpha value is -2.21. The molecular formula is C29H38ClN3OS. The zero-order valence-corrected chi connectivity index (χ0v) is 23.3. The number of benzene rings is 2. The minimum absolute atomic E-state index is 0.0589. The van der Waals surface area contributed by atoms with Crippen LogP contribution >= 0.6 is 23.1 Å². The molecule has 0 spiro atoms. The van der Waals surface area contributed by atoms with E-state index in [-0.39, 0.29) is 5.78 Å². The van der Waals surface area contributed by atoms with Crippen LogP contribution in [0.5, 0.6) is 0 Å². The quantitative estimate of drug-likeness (QED) is 0.242. The number of anilines is 1. The molecule has 35 heavy (non-hydrogen) atoms. The lowest BCUT2D eigenvalue weighted by atomic mass is 9.99. The summed E-state index contributed by atoms with van der Waals surface area (Å²) in [4.78, 5) is 16.0. The van der Waals surface area contributed by atoms with E-state index in [4.69, 9.17) is 11.6 Å². The molecule has 1 aliphatic rings. The second-order valence-corrected chi connectivity index (χ2v) is 10.5. The van der Waals surface area contributed by atoms with Gasteiger partial charge in [-0.2, -0.15) is 4.37 Å². The maximum atomic E-state index is 11.0. The number of hydrogen-bond donors (Lipinski definition) is 0. The monoisotopic (exact) mass is 511 g/mol. The Kier molecular flexibility index (Phi) is 10.3. The highest BCUT2D eigenvalue weighted by Crippen LogP contribution is 2.30. The number of rotatable bonds is 7. The topological polar surface area (TPSA) is 36.4 Å². The number of halogens is 1. The molecule has 1 saturated heterocycles. The lowest BCUT2D eigenvalue weighted by Crippen LogP contribution is -2.46. The van der Waals surface area contributed by atoms with Crippen LogP contribution in [0.3, 0.4) is 0 Å². The van der Waals surface area contributed by atoms with Crippen LogP contribution in [-0.2, 0) is 4.79 Å². The van der Waals surface area contributed by atoms with Gasteiger partial charge >= 0.3 is 0 Å². The molecule has 188 valence electrons. The third kappa shape index (κ3) is 7.39. The zero-order valence-electron chi connectivity index (χ0n) is 21.7. The molecule has 6 heteroatoms. The number of fused-ring (bicyclic) bond motifs is 1. The van der Waals surface area contributed by atoms with E-state index in [0.717, 1.165) is 40.4 Å². The van der Waals surface area contributed by atoms with Gasteiger partial charge in [0.15, 0.2) is 5.78 Å². The normalized spacial score (nSPS) is 14.7. The molecule has 2 aromatic carbocycles. The lowest BCUT2D eigenvalue weighted by Gasteiger charge is -2.35. The predicted octanol–water partition coefficient (Wildman–Crippen LogP) is 7.56.